The summed E-state index contributed by atoms with van der Waals surface area (Å²) in [5, 5.41) is 7.66. The van der Waals surface area contributed by atoms with Crippen molar-refractivity contribution in [3.8, 4) is 17.2 Å². The minimum Gasteiger partial charge on any atom is -0.497 e. The second-order valence-corrected chi connectivity index (χ2v) is 6.36. The zero-order valence-corrected chi connectivity index (χ0v) is 17.3. The third-order valence-corrected chi connectivity index (χ3v) is 3.83. The molecule has 0 unspecified atom stereocenters. The van der Waals surface area contributed by atoms with Gasteiger partial charge in [0.15, 0.2) is 5.11 Å². The third kappa shape index (κ3) is 7.08. The predicted octanol–water partition coefficient (Wildman–Crippen LogP) is 4.59. The van der Waals surface area contributed by atoms with Crippen molar-refractivity contribution >= 4 is 29.2 Å². The minimum atomic E-state index is 0.389. The zero-order chi connectivity index (χ0) is 20.2. The molecule has 0 spiro atoms. The summed E-state index contributed by atoms with van der Waals surface area (Å²) in [5.41, 5.74) is 4.50. The summed E-state index contributed by atoms with van der Waals surface area (Å²) in [6.45, 7) is 5.44. The number of nitrogens with one attached hydrogen (secondary N) is 2. The van der Waals surface area contributed by atoms with Crippen LogP contribution in [0, 0.1) is 0 Å². The molecule has 0 atom stereocenters. The molecule has 0 amide bonds. The van der Waals surface area contributed by atoms with E-state index < -0.39 is 0 Å². The monoisotopic (exact) mass is 401 g/mol. The van der Waals surface area contributed by atoms with Gasteiger partial charge in [0.05, 0.1) is 26.5 Å². The standard InChI is InChI=1S/C21H27N3O3S/c1-4-12-26-19-9-6-16(20(14-19)27-13-5-2)15-22-24-21(28)23-17-7-10-18(25-3)11-8-17/h6-11,14-15H,4-5,12-13H2,1-3H3,(H2,23,24,28). The molecular formula is C21H27N3O3S. The van der Waals surface area contributed by atoms with Gasteiger partial charge in [0.1, 0.15) is 17.2 Å². The SMILES string of the molecule is CCCOc1ccc(C=NNC(=S)Nc2ccc(OC)cc2)c(OCCC)c1. The molecule has 7 heteroatoms. The number of nitrogens with zero attached hydrogens (tertiary/aromatic N) is 1. The average molecular weight is 402 g/mol. The Hall–Kier alpha value is -2.80. The number of hydrogen-bond acceptors (Lipinski definition) is 5. The van der Waals surface area contributed by atoms with Crippen molar-refractivity contribution in [2.75, 3.05) is 25.6 Å². The number of ether oxygens (including phenoxy) is 3. The molecule has 0 saturated heterocycles. The van der Waals surface area contributed by atoms with Gasteiger partial charge in [-0.3, -0.25) is 5.43 Å². The predicted molar refractivity (Wildman–Crippen MR) is 118 cm³/mol. The molecular weight excluding hydrogens is 374 g/mol. The van der Waals surface area contributed by atoms with Gasteiger partial charge >= 0.3 is 0 Å². The van der Waals surface area contributed by atoms with Crippen molar-refractivity contribution in [1.82, 2.24) is 5.43 Å². The van der Waals surface area contributed by atoms with Gasteiger partial charge in [-0.2, -0.15) is 5.10 Å². The van der Waals surface area contributed by atoms with Gasteiger partial charge in [0.2, 0.25) is 0 Å². The molecule has 0 fully saturated rings. The highest BCUT2D eigenvalue weighted by Crippen LogP contribution is 2.24. The largest absolute Gasteiger partial charge is 0.497 e. The fourth-order valence-electron chi connectivity index (χ4n) is 2.26. The summed E-state index contributed by atoms with van der Waals surface area (Å²) in [6, 6.07) is 13.2. The molecule has 0 aliphatic carbocycles. The van der Waals surface area contributed by atoms with Gasteiger partial charge in [0, 0.05) is 17.3 Å². The molecule has 0 heterocycles. The van der Waals surface area contributed by atoms with E-state index in [1.54, 1.807) is 13.3 Å². The lowest BCUT2D eigenvalue weighted by atomic mass is 10.2. The Morgan fingerprint density at radius 3 is 2.36 bits per heavy atom. The van der Waals surface area contributed by atoms with Gasteiger partial charge in [-0.1, -0.05) is 13.8 Å². The van der Waals surface area contributed by atoms with E-state index in [2.05, 4.69) is 29.7 Å². The van der Waals surface area contributed by atoms with Crippen LogP contribution in [0.1, 0.15) is 32.3 Å². The highest BCUT2D eigenvalue weighted by molar-refractivity contribution is 7.80. The molecule has 0 aliphatic rings. The number of benzene rings is 2. The van der Waals surface area contributed by atoms with E-state index in [9.17, 15) is 0 Å². The van der Waals surface area contributed by atoms with E-state index in [0.29, 0.717) is 18.3 Å². The summed E-state index contributed by atoms with van der Waals surface area (Å²) < 4.78 is 16.6. The van der Waals surface area contributed by atoms with Gasteiger partial charge in [-0.15, -0.1) is 0 Å². The smallest absolute Gasteiger partial charge is 0.191 e. The number of methoxy groups -OCH3 is 1. The molecule has 0 bridgehead atoms. The highest BCUT2D eigenvalue weighted by Gasteiger charge is 2.05. The molecule has 0 saturated carbocycles. The minimum absolute atomic E-state index is 0.389. The van der Waals surface area contributed by atoms with Crippen LogP contribution in [-0.2, 0) is 0 Å². The first kappa shape index (κ1) is 21.5. The Morgan fingerprint density at radius 2 is 1.68 bits per heavy atom. The van der Waals surface area contributed by atoms with Gasteiger partial charge in [-0.25, -0.2) is 0 Å². The van der Waals surface area contributed by atoms with Crippen molar-refractivity contribution in [2.45, 2.75) is 26.7 Å². The number of hydrazone groups is 1. The Morgan fingerprint density at radius 1 is 1.00 bits per heavy atom. The Bertz CT molecular complexity index is 779. The summed E-state index contributed by atoms with van der Waals surface area (Å²) in [7, 11) is 1.63. The van der Waals surface area contributed by atoms with E-state index >= 15 is 0 Å². The van der Waals surface area contributed by atoms with E-state index in [1.807, 2.05) is 42.5 Å². The second-order valence-electron chi connectivity index (χ2n) is 5.95. The molecule has 2 aromatic rings. The van der Waals surface area contributed by atoms with Crippen LogP contribution < -0.4 is 25.0 Å². The Balaban J connectivity index is 1.97. The topological polar surface area (TPSA) is 64.1 Å². The summed E-state index contributed by atoms with van der Waals surface area (Å²) in [4.78, 5) is 0. The second kappa shape index (κ2) is 11.8. The van der Waals surface area contributed by atoms with Crippen LogP contribution in [0.3, 0.4) is 0 Å². The molecule has 2 aromatic carbocycles. The van der Waals surface area contributed by atoms with Crippen molar-refractivity contribution in [2.24, 2.45) is 5.10 Å². The first-order valence-corrected chi connectivity index (χ1v) is 9.70. The molecule has 150 valence electrons. The van der Waals surface area contributed by atoms with Gasteiger partial charge in [0.25, 0.3) is 0 Å². The lowest BCUT2D eigenvalue weighted by Gasteiger charge is -2.11. The molecule has 2 N–H and O–H groups in total. The summed E-state index contributed by atoms with van der Waals surface area (Å²) in [6.07, 6.45) is 3.55. The maximum Gasteiger partial charge on any atom is 0.191 e. The van der Waals surface area contributed by atoms with Crippen LogP contribution in [-0.4, -0.2) is 31.7 Å². The maximum atomic E-state index is 5.82. The first-order chi connectivity index (χ1) is 13.7. The number of rotatable bonds is 10. The number of thiocarbonyl (C=S) groups is 1. The normalized spacial score (nSPS) is 10.5. The number of hydrogen-bond donors (Lipinski definition) is 2. The van der Waals surface area contributed by atoms with E-state index in [1.165, 1.54) is 0 Å². The van der Waals surface area contributed by atoms with Crippen molar-refractivity contribution in [3.63, 3.8) is 0 Å². The third-order valence-electron chi connectivity index (χ3n) is 3.64. The van der Waals surface area contributed by atoms with E-state index in [4.69, 9.17) is 26.4 Å². The Labute approximate surface area is 171 Å². The van der Waals surface area contributed by atoms with Gasteiger partial charge < -0.3 is 19.5 Å². The first-order valence-electron chi connectivity index (χ1n) is 9.30. The maximum absolute atomic E-state index is 5.82. The lowest BCUT2D eigenvalue weighted by molar-refractivity contribution is 0.301. The molecule has 0 aliphatic heterocycles. The zero-order valence-electron chi connectivity index (χ0n) is 16.5. The van der Waals surface area contributed by atoms with Crippen LogP contribution in [0.2, 0.25) is 0 Å². The van der Waals surface area contributed by atoms with E-state index in [-0.39, 0.29) is 0 Å². The lowest BCUT2D eigenvalue weighted by Crippen LogP contribution is -2.23. The highest BCUT2D eigenvalue weighted by atomic mass is 32.1. The fourth-order valence-corrected chi connectivity index (χ4v) is 2.43. The molecule has 6 nitrogen and oxygen atoms in total. The molecule has 2 rings (SSSR count). The summed E-state index contributed by atoms with van der Waals surface area (Å²) in [5.74, 6) is 2.30. The van der Waals surface area contributed by atoms with Gasteiger partial charge in [-0.05, 0) is 61.5 Å². The molecule has 28 heavy (non-hydrogen) atoms. The fraction of sp³-hybridized carbons (Fsp3) is 0.333. The van der Waals surface area contributed by atoms with Crippen LogP contribution in [0.25, 0.3) is 0 Å². The molecule has 0 radical (unpaired) electrons. The molecule has 0 aromatic heterocycles. The number of anilines is 1. The van der Waals surface area contributed by atoms with Crippen molar-refractivity contribution < 1.29 is 14.2 Å². The van der Waals surface area contributed by atoms with Crippen LogP contribution in [0.5, 0.6) is 17.2 Å². The Kier molecular flexibility index (Phi) is 9.07. The van der Waals surface area contributed by atoms with Crippen LogP contribution in [0.15, 0.2) is 47.6 Å². The van der Waals surface area contributed by atoms with Crippen molar-refractivity contribution in [1.29, 1.82) is 0 Å². The van der Waals surface area contributed by atoms with E-state index in [0.717, 1.165) is 41.3 Å². The quantitative estimate of drug-likeness (QED) is 0.345. The van der Waals surface area contributed by atoms with Crippen molar-refractivity contribution in [3.05, 3.63) is 48.0 Å². The van der Waals surface area contributed by atoms with Crippen LogP contribution >= 0.6 is 12.2 Å². The average Bonchev–Trinajstić information content (AvgIpc) is 2.72. The summed E-state index contributed by atoms with van der Waals surface area (Å²) >= 11 is 5.27. The van der Waals surface area contributed by atoms with Crippen LogP contribution in [0.4, 0.5) is 5.69 Å².